The Hall–Kier alpha value is -1.07. The van der Waals surface area contributed by atoms with Crippen molar-refractivity contribution >= 4 is 33.2 Å². The minimum atomic E-state index is -0.907. The molecule has 0 bridgehead atoms. The van der Waals surface area contributed by atoms with Gasteiger partial charge in [0.1, 0.15) is 5.69 Å². The lowest BCUT2D eigenvalue weighted by Gasteiger charge is -2.03. The van der Waals surface area contributed by atoms with Gasteiger partial charge in [-0.1, -0.05) is 0 Å². The quantitative estimate of drug-likeness (QED) is 0.942. The van der Waals surface area contributed by atoms with Crippen molar-refractivity contribution in [1.29, 1.82) is 0 Å². The van der Waals surface area contributed by atoms with Gasteiger partial charge in [0, 0.05) is 17.2 Å². The first-order valence-electron chi connectivity index (χ1n) is 4.27. The largest absolute Gasteiger partial charge is 0.477 e. The molecule has 0 spiro atoms. The number of carbonyl (C=O) groups is 1. The molecule has 0 aromatic carbocycles. The molecule has 0 saturated carbocycles. The van der Waals surface area contributed by atoms with Gasteiger partial charge in [-0.05, 0) is 44.4 Å². The maximum atomic E-state index is 10.9. The van der Waals surface area contributed by atoms with Gasteiger partial charge in [0.2, 0.25) is 0 Å². The van der Waals surface area contributed by atoms with E-state index in [1.807, 2.05) is 16.8 Å². The summed E-state index contributed by atoms with van der Waals surface area (Å²) in [6, 6.07) is 3.60. The van der Waals surface area contributed by atoms with Gasteiger partial charge in [-0.15, -0.1) is 0 Å². The van der Waals surface area contributed by atoms with Gasteiger partial charge in [-0.3, -0.25) is 0 Å². The van der Waals surface area contributed by atoms with Crippen molar-refractivity contribution in [1.82, 2.24) is 4.57 Å². The third-order valence-electron chi connectivity index (χ3n) is 2.02. The first kappa shape index (κ1) is 10.4. The zero-order valence-electron chi connectivity index (χ0n) is 7.68. The summed E-state index contributed by atoms with van der Waals surface area (Å²) >= 11 is 4.88. The van der Waals surface area contributed by atoms with Gasteiger partial charge in [0.05, 0.1) is 0 Å². The average molecular weight is 286 g/mol. The number of aromatic carboxylic acids is 1. The zero-order chi connectivity index (χ0) is 10.8. The monoisotopic (exact) mass is 285 g/mol. The molecule has 0 unspecified atom stereocenters. The Morgan fingerprint density at radius 1 is 1.60 bits per heavy atom. The second-order valence-electron chi connectivity index (χ2n) is 3.11. The topological polar surface area (TPSA) is 42.2 Å². The lowest BCUT2D eigenvalue weighted by molar-refractivity contribution is 0.0685. The molecular formula is C10H8BrNO2S. The number of thiophene rings is 1. The first-order valence-corrected chi connectivity index (χ1v) is 6.00. The lowest BCUT2D eigenvalue weighted by Crippen LogP contribution is -2.07. The van der Waals surface area contributed by atoms with Gasteiger partial charge in [0.15, 0.2) is 0 Å². The molecule has 0 fully saturated rings. The van der Waals surface area contributed by atoms with Gasteiger partial charge < -0.3 is 9.67 Å². The number of hydrogen-bond acceptors (Lipinski definition) is 2. The van der Waals surface area contributed by atoms with E-state index in [0.717, 1.165) is 10.0 Å². The number of rotatable bonds is 3. The predicted octanol–water partition coefficient (Wildman–Crippen LogP) is 3.06. The Morgan fingerprint density at radius 3 is 3.00 bits per heavy atom. The van der Waals surface area contributed by atoms with Crippen molar-refractivity contribution in [2.45, 2.75) is 6.54 Å². The predicted molar refractivity (Wildman–Crippen MR) is 62.5 cm³/mol. The third-order valence-corrected chi connectivity index (χ3v) is 3.18. The van der Waals surface area contributed by atoms with Crippen LogP contribution in [-0.2, 0) is 6.54 Å². The van der Waals surface area contributed by atoms with Crippen LogP contribution in [-0.4, -0.2) is 15.6 Å². The minimum absolute atomic E-state index is 0.299. The molecule has 0 radical (unpaired) electrons. The van der Waals surface area contributed by atoms with Crippen LogP contribution >= 0.6 is 27.3 Å². The fourth-order valence-corrected chi connectivity index (χ4v) is 2.49. The van der Waals surface area contributed by atoms with E-state index in [-0.39, 0.29) is 0 Å². The standard InChI is InChI=1S/C10H8BrNO2S/c11-8-3-9(10(13)14)12(5-8)4-7-1-2-15-6-7/h1-3,5-6H,4H2,(H,13,14). The number of carboxylic acids is 1. The van der Waals surface area contributed by atoms with E-state index in [9.17, 15) is 4.79 Å². The summed E-state index contributed by atoms with van der Waals surface area (Å²) in [5.41, 5.74) is 1.42. The van der Waals surface area contributed by atoms with Crippen LogP contribution in [0.5, 0.6) is 0 Å². The Kier molecular flexibility index (Phi) is 2.93. The summed E-state index contributed by atoms with van der Waals surface area (Å²) in [5, 5.41) is 13.0. The Morgan fingerprint density at radius 2 is 2.40 bits per heavy atom. The van der Waals surface area contributed by atoms with Crippen molar-refractivity contribution in [3.05, 3.63) is 44.8 Å². The summed E-state index contributed by atoms with van der Waals surface area (Å²) in [6.45, 7) is 0.594. The van der Waals surface area contributed by atoms with E-state index in [1.54, 1.807) is 28.2 Å². The van der Waals surface area contributed by atoms with Crippen LogP contribution in [0.1, 0.15) is 16.1 Å². The molecule has 2 rings (SSSR count). The smallest absolute Gasteiger partial charge is 0.352 e. The Balaban J connectivity index is 2.31. The summed E-state index contributed by atoms with van der Waals surface area (Å²) in [7, 11) is 0. The molecule has 3 nitrogen and oxygen atoms in total. The van der Waals surface area contributed by atoms with Gasteiger partial charge in [-0.2, -0.15) is 11.3 Å². The number of aromatic nitrogens is 1. The van der Waals surface area contributed by atoms with E-state index in [1.165, 1.54) is 0 Å². The second-order valence-corrected chi connectivity index (χ2v) is 4.80. The van der Waals surface area contributed by atoms with E-state index in [4.69, 9.17) is 5.11 Å². The van der Waals surface area contributed by atoms with Crippen LogP contribution in [0.2, 0.25) is 0 Å². The van der Waals surface area contributed by atoms with E-state index < -0.39 is 5.97 Å². The number of hydrogen-bond donors (Lipinski definition) is 1. The molecular weight excluding hydrogens is 278 g/mol. The summed E-state index contributed by atoms with van der Waals surface area (Å²) in [4.78, 5) is 10.9. The molecule has 2 aromatic rings. The molecule has 5 heteroatoms. The molecule has 2 aromatic heterocycles. The van der Waals surface area contributed by atoms with E-state index >= 15 is 0 Å². The molecule has 0 atom stereocenters. The summed E-state index contributed by atoms with van der Waals surface area (Å²) in [5.74, 6) is -0.907. The average Bonchev–Trinajstić information content (AvgIpc) is 2.75. The van der Waals surface area contributed by atoms with Crippen LogP contribution < -0.4 is 0 Å². The molecule has 0 aliphatic heterocycles. The normalized spacial score (nSPS) is 10.5. The molecule has 0 saturated heterocycles. The lowest BCUT2D eigenvalue weighted by atomic mass is 10.3. The van der Waals surface area contributed by atoms with Crippen LogP contribution in [0, 0.1) is 0 Å². The molecule has 0 amide bonds. The molecule has 15 heavy (non-hydrogen) atoms. The molecule has 2 heterocycles. The number of halogens is 1. The fourth-order valence-electron chi connectivity index (χ4n) is 1.36. The maximum absolute atomic E-state index is 10.9. The first-order chi connectivity index (χ1) is 7.16. The molecule has 1 N–H and O–H groups in total. The van der Waals surface area contributed by atoms with E-state index in [2.05, 4.69) is 15.9 Å². The van der Waals surface area contributed by atoms with Crippen molar-refractivity contribution in [2.75, 3.05) is 0 Å². The third kappa shape index (κ3) is 2.30. The van der Waals surface area contributed by atoms with Crippen molar-refractivity contribution in [3.63, 3.8) is 0 Å². The van der Waals surface area contributed by atoms with Gasteiger partial charge in [0.25, 0.3) is 0 Å². The van der Waals surface area contributed by atoms with Crippen molar-refractivity contribution in [2.24, 2.45) is 0 Å². The molecule has 0 aliphatic carbocycles. The van der Waals surface area contributed by atoms with Crippen LogP contribution in [0.3, 0.4) is 0 Å². The summed E-state index contributed by atoms with van der Waals surface area (Å²) in [6.07, 6.45) is 1.78. The SMILES string of the molecule is O=C(O)c1cc(Br)cn1Cc1ccsc1. The summed E-state index contributed by atoms with van der Waals surface area (Å²) < 4.78 is 2.50. The maximum Gasteiger partial charge on any atom is 0.352 e. The minimum Gasteiger partial charge on any atom is -0.477 e. The Labute approximate surface area is 99.1 Å². The van der Waals surface area contributed by atoms with Gasteiger partial charge in [-0.25, -0.2) is 4.79 Å². The van der Waals surface area contributed by atoms with Gasteiger partial charge >= 0.3 is 5.97 Å². The van der Waals surface area contributed by atoms with E-state index in [0.29, 0.717) is 12.2 Å². The highest BCUT2D eigenvalue weighted by atomic mass is 79.9. The fraction of sp³-hybridized carbons (Fsp3) is 0.100. The number of nitrogens with zero attached hydrogens (tertiary/aromatic N) is 1. The van der Waals surface area contributed by atoms with Crippen LogP contribution in [0.4, 0.5) is 0 Å². The second kappa shape index (κ2) is 4.20. The van der Waals surface area contributed by atoms with Crippen LogP contribution in [0.15, 0.2) is 33.6 Å². The molecule has 78 valence electrons. The highest BCUT2D eigenvalue weighted by Gasteiger charge is 2.11. The highest BCUT2D eigenvalue weighted by Crippen LogP contribution is 2.17. The molecule has 0 aliphatic rings. The van der Waals surface area contributed by atoms with Crippen molar-refractivity contribution < 1.29 is 9.90 Å². The highest BCUT2D eigenvalue weighted by molar-refractivity contribution is 9.10. The zero-order valence-corrected chi connectivity index (χ0v) is 10.1. The van der Waals surface area contributed by atoms with Crippen LogP contribution in [0.25, 0.3) is 0 Å². The number of carboxylic acid groups (broad SMARTS) is 1. The Bertz CT molecular complexity index is 476. The van der Waals surface area contributed by atoms with Crippen molar-refractivity contribution in [3.8, 4) is 0 Å².